The zero-order valence-electron chi connectivity index (χ0n) is 13.0. The van der Waals surface area contributed by atoms with Crippen LogP contribution >= 0.6 is 35.3 Å². The van der Waals surface area contributed by atoms with Gasteiger partial charge >= 0.3 is 0 Å². The Kier molecular flexibility index (Phi) is 10.1. The molecule has 0 aliphatic heterocycles. The summed E-state index contributed by atoms with van der Waals surface area (Å²) in [6, 6.07) is 13.6. The van der Waals surface area contributed by atoms with E-state index in [1.54, 1.807) is 11.3 Å². The van der Waals surface area contributed by atoms with Crippen molar-refractivity contribution in [3.8, 4) is 0 Å². The largest absolute Gasteiger partial charge is 0.357 e. The van der Waals surface area contributed by atoms with Gasteiger partial charge in [-0.2, -0.15) is 0 Å². The molecule has 0 aliphatic rings. The monoisotopic (exact) mass is 463 g/mol. The van der Waals surface area contributed by atoms with Gasteiger partial charge in [-0.25, -0.2) is 4.99 Å². The van der Waals surface area contributed by atoms with Gasteiger partial charge in [0.2, 0.25) is 0 Å². The molecule has 1 aromatic heterocycles. The molecule has 126 valence electrons. The molecule has 1 unspecified atom stereocenters. The number of nitrogens with one attached hydrogen (secondary N) is 2. The Morgan fingerprint density at radius 1 is 1.17 bits per heavy atom. The van der Waals surface area contributed by atoms with E-state index >= 15 is 0 Å². The molecule has 2 N–H and O–H groups in total. The molecule has 7 heteroatoms. The highest BCUT2D eigenvalue weighted by atomic mass is 127. The number of halogens is 1. The third kappa shape index (κ3) is 7.45. The molecule has 0 fully saturated rings. The Labute approximate surface area is 161 Å². The lowest BCUT2D eigenvalue weighted by molar-refractivity contribution is 0.681. The second-order valence-corrected chi connectivity index (χ2v) is 7.17. The smallest absolute Gasteiger partial charge is 0.191 e. The quantitative estimate of drug-likeness (QED) is 0.377. The van der Waals surface area contributed by atoms with Gasteiger partial charge in [0.05, 0.1) is 17.3 Å². The summed E-state index contributed by atoms with van der Waals surface area (Å²) in [6.45, 7) is 4.12. The van der Waals surface area contributed by atoms with Crippen LogP contribution < -0.4 is 10.6 Å². The average Bonchev–Trinajstić information content (AvgIpc) is 3.06. The molecule has 1 heterocycles. The summed E-state index contributed by atoms with van der Waals surface area (Å²) in [7, 11) is -0.980. The van der Waals surface area contributed by atoms with Crippen LogP contribution in [0.25, 0.3) is 0 Å². The van der Waals surface area contributed by atoms with Gasteiger partial charge in [0.15, 0.2) is 5.96 Å². The van der Waals surface area contributed by atoms with Gasteiger partial charge in [0, 0.05) is 28.6 Å². The summed E-state index contributed by atoms with van der Waals surface area (Å²) < 4.78 is 12.1. The Balaban J connectivity index is 0.00000264. The molecule has 23 heavy (non-hydrogen) atoms. The fraction of sp³-hybridized carbons (Fsp3) is 0.312. The van der Waals surface area contributed by atoms with Crippen LogP contribution in [0.5, 0.6) is 0 Å². The van der Waals surface area contributed by atoms with E-state index in [1.807, 2.05) is 48.7 Å². The molecular weight excluding hydrogens is 441 g/mol. The Morgan fingerprint density at radius 2 is 1.96 bits per heavy atom. The first-order valence-electron chi connectivity index (χ1n) is 7.27. The molecule has 0 radical (unpaired) electrons. The lowest BCUT2D eigenvalue weighted by atomic mass is 10.4. The van der Waals surface area contributed by atoms with Gasteiger partial charge in [0.1, 0.15) is 0 Å². The van der Waals surface area contributed by atoms with Crippen molar-refractivity contribution in [1.29, 1.82) is 0 Å². The standard InChI is InChI=1S/C16H21N3OS2.HI/c1-2-17-16(19-13-14-7-6-11-21-14)18-10-12-22(20)15-8-4-3-5-9-15;/h3-9,11H,2,10,12-13H2,1H3,(H2,17,18,19);1H. The fourth-order valence-electron chi connectivity index (χ4n) is 1.85. The summed E-state index contributed by atoms with van der Waals surface area (Å²) in [5.74, 6) is 1.33. The van der Waals surface area contributed by atoms with Crippen LogP contribution in [-0.2, 0) is 17.3 Å². The fourth-order valence-corrected chi connectivity index (χ4v) is 3.47. The molecule has 4 nitrogen and oxygen atoms in total. The maximum absolute atomic E-state index is 12.1. The number of thiophene rings is 1. The second-order valence-electron chi connectivity index (χ2n) is 4.56. The minimum absolute atomic E-state index is 0. The van der Waals surface area contributed by atoms with Crippen LogP contribution in [0.2, 0.25) is 0 Å². The normalized spacial score (nSPS) is 12.3. The van der Waals surface area contributed by atoms with E-state index in [1.165, 1.54) is 4.88 Å². The van der Waals surface area contributed by atoms with E-state index in [9.17, 15) is 4.21 Å². The summed E-state index contributed by atoms with van der Waals surface area (Å²) in [5.41, 5.74) is 0. The van der Waals surface area contributed by atoms with Crippen LogP contribution in [0.1, 0.15) is 11.8 Å². The molecule has 0 bridgehead atoms. The molecular formula is C16H22IN3OS2. The van der Waals surface area contributed by atoms with Gasteiger partial charge in [-0.15, -0.1) is 35.3 Å². The lowest BCUT2D eigenvalue weighted by Gasteiger charge is -2.11. The predicted molar refractivity (Wildman–Crippen MR) is 110 cm³/mol. The third-order valence-corrected chi connectivity index (χ3v) is 5.14. The number of nitrogens with zero attached hydrogens (tertiary/aromatic N) is 1. The highest BCUT2D eigenvalue weighted by Crippen LogP contribution is 2.09. The lowest BCUT2D eigenvalue weighted by Crippen LogP contribution is -2.39. The molecule has 0 saturated carbocycles. The summed E-state index contributed by atoms with van der Waals surface area (Å²) in [6.07, 6.45) is 0. The van der Waals surface area contributed by atoms with Gasteiger partial charge < -0.3 is 10.6 Å². The Morgan fingerprint density at radius 3 is 2.61 bits per heavy atom. The molecule has 1 aromatic carbocycles. The zero-order valence-corrected chi connectivity index (χ0v) is 17.0. The van der Waals surface area contributed by atoms with Crippen molar-refractivity contribution in [2.45, 2.75) is 18.4 Å². The summed E-state index contributed by atoms with van der Waals surface area (Å²) in [4.78, 5) is 6.62. The SMILES string of the molecule is CCNC(=NCc1cccs1)NCCS(=O)c1ccccc1.I. The minimum Gasteiger partial charge on any atom is -0.357 e. The second kappa shape index (κ2) is 11.6. The van der Waals surface area contributed by atoms with Crippen LogP contribution in [0.4, 0.5) is 0 Å². The van der Waals surface area contributed by atoms with E-state index in [0.29, 0.717) is 18.8 Å². The molecule has 2 rings (SSSR count). The van der Waals surface area contributed by atoms with Crippen LogP contribution in [0.15, 0.2) is 57.7 Å². The average molecular weight is 463 g/mol. The molecule has 1 atom stereocenters. The topological polar surface area (TPSA) is 53.5 Å². The van der Waals surface area contributed by atoms with Crippen molar-refractivity contribution < 1.29 is 4.21 Å². The Bertz CT molecular complexity index is 603. The molecule has 0 saturated heterocycles. The molecule has 0 spiro atoms. The molecule has 0 amide bonds. The minimum atomic E-state index is -0.980. The zero-order chi connectivity index (χ0) is 15.6. The number of rotatable bonds is 7. The first-order chi connectivity index (χ1) is 10.8. The van der Waals surface area contributed by atoms with Crippen LogP contribution in [0.3, 0.4) is 0 Å². The molecule has 2 aromatic rings. The number of aliphatic imine (C=N–C) groups is 1. The van der Waals surface area contributed by atoms with Gasteiger partial charge in [0.25, 0.3) is 0 Å². The van der Waals surface area contributed by atoms with E-state index < -0.39 is 10.8 Å². The van der Waals surface area contributed by atoms with Crippen molar-refractivity contribution in [1.82, 2.24) is 10.6 Å². The predicted octanol–water partition coefficient (Wildman–Crippen LogP) is 3.23. The van der Waals surface area contributed by atoms with E-state index in [-0.39, 0.29) is 24.0 Å². The number of hydrogen-bond acceptors (Lipinski definition) is 3. The number of guanidine groups is 1. The van der Waals surface area contributed by atoms with Crippen molar-refractivity contribution in [2.75, 3.05) is 18.8 Å². The highest BCUT2D eigenvalue weighted by Gasteiger charge is 2.04. The maximum atomic E-state index is 12.1. The summed E-state index contributed by atoms with van der Waals surface area (Å²) in [5, 5.41) is 8.49. The van der Waals surface area contributed by atoms with E-state index in [0.717, 1.165) is 17.4 Å². The number of benzene rings is 1. The maximum Gasteiger partial charge on any atom is 0.191 e. The highest BCUT2D eigenvalue weighted by molar-refractivity contribution is 14.0. The molecule has 0 aliphatic carbocycles. The van der Waals surface area contributed by atoms with Crippen molar-refractivity contribution >= 4 is 52.1 Å². The van der Waals surface area contributed by atoms with Crippen LogP contribution in [0, 0.1) is 0 Å². The van der Waals surface area contributed by atoms with Crippen LogP contribution in [-0.4, -0.2) is 29.0 Å². The number of hydrogen-bond donors (Lipinski definition) is 2. The van der Waals surface area contributed by atoms with E-state index in [2.05, 4.69) is 21.7 Å². The van der Waals surface area contributed by atoms with Gasteiger partial charge in [-0.05, 0) is 30.5 Å². The van der Waals surface area contributed by atoms with Gasteiger partial charge in [-0.1, -0.05) is 24.3 Å². The van der Waals surface area contributed by atoms with E-state index in [4.69, 9.17) is 0 Å². The van der Waals surface area contributed by atoms with Crippen molar-refractivity contribution in [3.63, 3.8) is 0 Å². The Hall–Kier alpha value is -0.930. The van der Waals surface area contributed by atoms with Crippen molar-refractivity contribution in [3.05, 3.63) is 52.7 Å². The summed E-state index contributed by atoms with van der Waals surface area (Å²) >= 11 is 1.70. The first kappa shape index (κ1) is 20.1. The third-order valence-electron chi connectivity index (χ3n) is 2.90. The van der Waals surface area contributed by atoms with Crippen molar-refractivity contribution in [2.24, 2.45) is 4.99 Å². The first-order valence-corrected chi connectivity index (χ1v) is 9.47. The van der Waals surface area contributed by atoms with Gasteiger partial charge in [-0.3, -0.25) is 4.21 Å².